The summed E-state index contributed by atoms with van der Waals surface area (Å²) in [6.45, 7) is 1.66. The van der Waals surface area contributed by atoms with Crippen LogP contribution in [-0.2, 0) is 14.3 Å². The highest BCUT2D eigenvalue weighted by molar-refractivity contribution is 6.30. The fraction of sp³-hybridized carbons (Fsp3) is 0.357. The lowest BCUT2D eigenvalue weighted by Crippen LogP contribution is -2.35. The summed E-state index contributed by atoms with van der Waals surface area (Å²) in [7, 11) is 1.26. The minimum atomic E-state index is -0.615. The minimum Gasteiger partial charge on any atom is -0.469 e. The summed E-state index contributed by atoms with van der Waals surface area (Å²) in [6.07, 6.45) is -0.0187. The zero-order valence-corrected chi connectivity index (χ0v) is 12.5. The van der Waals surface area contributed by atoms with E-state index in [2.05, 4.69) is 4.74 Å². The predicted molar refractivity (Wildman–Crippen MR) is 77.1 cm³/mol. The van der Waals surface area contributed by atoms with E-state index in [4.69, 9.17) is 11.6 Å². The van der Waals surface area contributed by atoms with Crippen molar-refractivity contribution in [3.8, 4) is 0 Å². The molecule has 0 aliphatic carbocycles. The van der Waals surface area contributed by atoms with Gasteiger partial charge in [0.25, 0.3) is 5.91 Å². The largest absolute Gasteiger partial charge is 0.469 e. The third-order valence-electron chi connectivity index (χ3n) is 3.32. The molecular formula is C14H15ClN2O4. The van der Waals surface area contributed by atoms with Gasteiger partial charge in [-0.3, -0.25) is 19.4 Å². The van der Waals surface area contributed by atoms with Crippen LogP contribution in [0.3, 0.4) is 0 Å². The second-order valence-corrected chi connectivity index (χ2v) is 5.06. The molecule has 1 aliphatic heterocycles. The molecule has 0 N–H and O–H groups in total. The first-order valence-corrected chi connectivity index (χ1v) is 6.80. The molecule has 7 heteroatoms. The summed E-state index contributed by atoms with van der Waals surface area (Å²) >= 11 is 5.82. The molecule has 112 valence electrons. The molecule has 1 saturated heterocycles. The highest BCUT2D eigenvalue weighted by atomic mass is 35.5. The molecule has 1 aliphatic rings. The maximum atomic E-state index is 12.4. The standard InChI is InChI=1S/C14H15ClN2O4/c1-9-13(19)16(8-7-12(18)21-2)14(20)17(9)11-5-3-10(15)4-6-11/h3-6,9H,7-8H2,1-2H3. The van der Waals surface area contributed by atoms with Gasteiger partial charge in [0, 0.05) is 17.3 Å². The molecule has 0 saturated carbocycles. The molecule has 1 aromatic rings. The summed E-state index contributed by atoms with van der Waals surface area (Å²) in [6, 6.07) is 5.59. The van der Waals surface area contributed by atoms with Crippen molar-refractivity contribution in [3.05, 3.63) is 29.3 Å². The summed E-state index contributed by atoms with van der Waals surface area (Å²) in [4.78, 5) is 38.1. The quantitative estimate of drug-likeness (QED) is 0.630. The van der Waals surface area contributed by atoms with Crippen molar-refractivity contribution >= 4 is 35.2 Å². The van der Waals surface area contributed by atoms with Crippen LogP contribution in [0.15, 0.2) is 24.3 Å². The zero-order chi connectivity index (χ0) is 15.6. The van der Waals surface area contributed by atoms with Crippen LogP contribution in [-0.4, -0.2) is 42.5 Å². The summed E-state index contributed by atoms with van der Waals surface area (Å²) < 4.78 is 4.52. The smallest absolute Gasteiger partial charge is 0.331 e. The number of hydrogen-bond donors (Lipinski definition) is 0. The van der Waals surface area contributed by atoms with Gasteiger partial charge in [-0.15, -0.1) is 0 Å². The summed E-state index contributed by atoms with van der Waals surface area (Å²) in [5.41, 5.74) is 0.589. The molecular weight excluding hydrogens is 296 g/mol. The number of esters is 1. The summed E-state index contributed by atoms with van der Waals surface area (Å²) in [5.74, 6) is -0.799. The van der Waals surface area contributed by atoms with Crippen molar-refractivity contribution < 1.29 is 19.1 Å². The van der Waals surface area contributed by atoms with Gasteiger partial charge >= 0.3 is 12.0 Å². The monoisotopic (exact) mass is 310 g/mol. The van der Waals surface area contributed by atoms with E-state index in [1.54, 1.807) is 31.2 Å². The van der Waals surface area contributed by atoms with Gasteiger partial charge in [0.15, 0.2) is 0 Å². The average Bonchev–Trinajstić information content (AvgIpc) is 2.68. The van der Waals surface area contributed by atoms with Crippen LogP contribution in [0.1, 0.15) is 13.3 Å². The number of halogens is 1. The van der Waals surface area contributed by atoms with Gasteiger partial charge in [0.05, 0.1) is 13.5 Å². The van der Waals surface area contributed by atoms with Gasteiger partial charge in [-0.05, 0) is 31.2 Å². The van der Waals surface area contributed by atoms with Crippen molar-refractivity contribution in [1.82, 2.24) is 4.90 Å². The molecule has 1 heterocycles. The van der Waals surface area contributed by atoms with E-state index >= 15 is 0 Å². The molecule has 0 aromatic heterocycles. The van der Waals surface area contributed by atoms with Crippen molar-refractivity contribution in [3.63, 3.8) is 0 Å². The highest BCUT2D eigenvalue weighted by Crippen LogP contribution is 2.27. The van der Waals surface area contributed by atoms with Gasteiger partial charge < -0.3 is 4.74 Å². The van der Waals surface area contributed by atoms with E-state index in [9.17, 15) is 14.4 Å². The first-order chi connectivity index (χ1) is 9.95. The lowest BCUT2D eigenvalue weighted by atomic mass is 10.2. The van der Waals surface area contributed by atoms with Gasteiger partial charge in [-0.2, -0.15) is 0 Å². The van der Waals surface area contributed by atoms with E-state index in [1.165, 1.54) is 12.0 Å². The number of methoxy groups -OCH3 is 1. The molecule has 0 spiro atoms. The van der Waals surface area contributed by atoms with Gasteiger partial charge in [0.2, 0.25) is 0 Å². The molecule has 1 fully saturated rings. The van der Waals surface area contributed by atoms with Crippen LogP contribution in [0.5, 0.6) is 0 Å². The Bertz CT molecular complexity index is 573. The van der Waals surface area contributed by atoms with Crippen molar-refractivity contribution in [1.29, 1.82) is 0 Å². The minimum absolute atomic E-state index is 0.0127. The number of amides is 3. The van der Waals surface area contributed by atoms with Crippen LogP contribution in [0.2, 0.25) is 5.02 Å². The fourth-order valence-corrected chi connectivity index (χ4v) is 2.30. The Balaban J connectivity index is 2.18. The average molecular weight is 311 g/mol. The Kier molecular flexibility index (Phi) is 4.47. The van der Waals surface area contributed by atoms with Crippen LogP contribution < -0.4 is 4.90 Å². The van der Waals surface area contributed by atoms with Crippen molar-refractivity contribution in [2.75, 3.05) is 18.6 Å². The third kappa shape index (κ3) is 3.00. The number of ether oxygens (including phenoxy) is 1. The number of anilines is 1. The molecule has 2 rings (SSSR count). The molecule has 1 unspecified atom stereocenters. The Hall–Kier alpha value is -2.08. The van der Waals surface area contributed by atoms with E-state index in [1.807, 2.05) is 0 Å². The SMILES string of the molecule is COC(=O)CCN1C(=O)C(C)N(c2ccc(Cl)cc2)C1=O. The van der Waals surface area contributed by atoms with Crippen LogP contribution >= 0.6 is 11.6 Å². The number of carbonyl (C=O) groups excluding carboxylic acids is 3. The number of benzene rings is 1. The van der Waals surface area contributed by atoms with E-state index < -0.39 is 18.0 Å². The van der Waals surface area contributed by atoms with Gasteiger partial charge in [-0.25, -0.2) is 4.79 Å². The number of urea groups is 1. The van der Waals surface area contributed by atoms with Crippen molar-refractivity contribution in [2.45, 2.75) is 19.4 Å². The summed E-state index contributed by atoms with van der Waals surface area (Å²) in [5, 5.41) is 0.548. The Labute approximate surface area is 127 Å². The molecule has 6 nitrogen and oxygen atoms in total. The van der Waals surface area contributed by atoms with Crippen LogP contribution in [0, 0.1) is 0 Å². The maximum Gasteiger partial charge on any atom is 0.331 e. The molecule has 21 heavy (non-hydrogen) atoms. The molecule has 1 atom stereocenters. The zero-order valence-electron chi connectivity index (χ0n) is 11.7. The lowest BCUT2D eigenvalue weighted by Gasteiger charge is -2.19. The second kappa shape index (κ2) is 6.13. The van der Waals surface area contributed by atoms with Gasteiger partial charge in [-0.1, -0.05) is 11.6 Å². The number of imide groups is 1. The van der Waals surface area contributed by atoms with E-state index in [-0.39, 0.29) is 18.9 Å². The number of carbonyl (C=O) groups is 3. The molecule has 1 aromatic carbocycles. The number of hydrogen-bond acceptors (Lipinski definition) is 4. The molecule has 0 bridgehead atoms. The lowest BCUT2D eigenvalue weighted by molar-refractivity contribution is -0.141. The van der Waals surface area contributed by atoms with Crippen molar-refractivity contribution in [2.24, 2.45) is 0 Å². The van der Waals surface area contributed by atoms with Gasteiger partial charge in [0.1, 0.15) is 6.04 Å². The normalized spacial score (nSPS) is 18.3. The second-order valence-electron chi connectivity index (χ2n) is 4.62. The Morgan fingerprint density at radius 3 is 2.48 bits per heavy atom. The molecule has 0 radical (unpaired) electrons. The van der Waals surface area contributed by atoms with E-state index in [0.717, 1.165) is 4.90 Å². The molecule has 3 amide bonds. The number of nitrogens with zero attached hydrogens (tertiary/aromatic N) is 2. The topological polar surface area (TPSA) is 66.9 Å². The first-order valence-electron chi connectivity index (χ1n) is 6.42. The Morgan fingerprint density at radius 2 is 1.90 bits per heavy atom. The predicted octanol–water partition coefficient (Wildman–Crippen LogP) is 2.06. The van der Waals surface area contributed by atoms with E-state index in [0.29, 0.717) is 10.7 Å². The fourth-order valence-electron chi connectivity index (χ4n) is 2.17. The maximum absolute atomic E-state index is 12.4. The highest BCUT2D eigenvalue weighted by Gasteiger charge is 2.43. The van der Waals surface area contributed by atoms with Crippen LogP contribution in [0.4, 0.5) is 10.5 Å². The first kappa shape index (κ1) is 15.3. The number of rotatable bonds is 4. The van der Waals surface area contributed by atoms with Crippen LogP contribution in [0.25, 0.3) is 0 Å². The Morgan fingerprint density at radius 1 is 1.29 bits per heavy atom. The third-order valence-corrected chi connectivity index (χ3v) is 3.57.